The highest BCUT2D eigenvalue weighted by molar-refractivity contribution is 5.81. The van der Waals surface area contributed by atoms with E-state index in [1.54, 1.807) is 4.57 Å². The summed E-state index contributed by atoms with van der Waals surface area (Å²) in [6, 6.07) is 0. The molecular weight excluding hydrogens is 314 g/mol. The fourth-order valence-electron chi connectivity index (χ4n) is 2.67. The molecular formula is C14H21N7O3. The number of nitrogens with one attached hydrogen (secondary N) is 1. The first-order valence-electron chi connectivity index (χ1n) is 7.64. The maximum Gasteiger partial charge on any atom is 0.167 e. The summed E-state index contributed by atoms with van der Waals surface area (Å²) in [5.74, 6) is 0.247. The average Bonchev–Trinajstić information content (AvgIpc) is 3.12. The summed E-state index contributed by atoms with van der Waals surface area (Å²) in [5, 5.41) is 23.6. The van der Waals surface area contributed by atoms with Crippen LogP contribution in [-0.2, 0) is 4.74 Å². The summed E-state index contributed by atoms with van der Waals surface area (Å²) in [7, 11) is 0. The second-order valence-corrected chi connectivity index (χ2v) is 5.49. The number of imidazole rings is 1. The minimum absolute atomic E-state index is 0.247. The van der Waals surface area contributed by atoms with Gasteiger partial charge in [-0.2, -0.15) is 0 Å². The molecule has 1 aliphatic rings. The lowest BCUT2D eigenvalue weighted by atomic mass is 10.1. The van der Waals surface area contributed by atoms with Crippen molar-refractivity contribution in [2.24, 2.45) is 5.73 Å². The summed E-state index contributed by atoms with van der Waals surface area (Å²) >= 11 is 0. The number of nitrogens with two attached hydrogens (primary N) is 2. The van der Waals surface area contributed by atoms with E-state index >= 15 is 0 Å². The molecule has 0 amide bonds. The zero-order valence-electron chi connectivity index (χ0n) is 13.0. The van der Waals surface area contributed by atoms with Crippen LogP contribution in [0.3, 0.4) is 0 Å². The van der Waals surface area contributed by atoms with Gasteiger partial charge in [0.15, 0.2) is 17.7 Å². The van der Waals surface area contributed by atoms with Gasteiger partial charge < -0.3 is 31.7 Å². The van der Waals surface area contributed by atoms with Gasteiger partial charge >= 0.3 is 0 Å². The Kier molecular flexibility index (Phi) is 5.02. The number of fused-ring (bicyclic) bond motifs is 1. The van der Waals surface area contributed by atoms with E-state index in [2.05, 4.69) is 20.3 Å². The number of ether oxygens (including phenoxy) is 1. The van der Waals surface area contributed by atoms with Crippen molar-refractivity contribution in [2.45, 2.75) is 24.5 Å². The predicted octanol–water partition coefficient (Wildman–Crippen LogP) is -1.87. The van der Waals surface area contributed by atoms with E-state index in [1.807, 2.05) is 12.2 Å². The highest BCUT2D eigenvalue weighted by Gasteiger charge is 2.44. The largest absolute Gasteiger partial charge is 0.387 e. The van der Waals surface area contributed by atoms with Crippen LogP contribution in [0.5, 0.6) is 0 Å². The van der Waals surface area contributed by atoms with Crippen molar-refractivity contribution in [1.82, 2.24) is 24.8 Å². The smallest absolute Gasteiger partial charge is 0.167 e. The number of nitrogens with zero attached hydrogens (tertiary/aromatic N) is 4. The van der Waals surface area contributed by atoms with E-state index in [0.29, 0.717) is 30.8 Å². The second kappa shape index (κ2) is 7.20. The van der Waals surface area contributed by atoms with Gasteiger partial charge in [0.25, 0.3) is 0 Å². The summed E-state index contributed by atoms with van der Waals surface area (Å²) in [4.78, 5) is 12.1. The van der Waals surface area contributed by atoms with Gasteiger partial charge in [-0.25, -0.2) is 15.0 Å². The Labute approximate surface area is 138 Å². The van der Waals surface area contributed by atoms with Crippen LogP contribution < -0.4 is 16.8 Å². The van der Waals surface area contributed by atoms with Crippen LogP contribution in [-0.4, -0.2) is 67.7 Å². The van der Waals surface area contributed by atoms with Gasteiger partial charge in [-0.05, 0) is 0 Å². The van der Waals surface area contributed by atoms with Gasteiger partial charge in [0, 0.05) is 19.6 Å². The molecule has 2 aromatic rings. The maximum absolute atomic E-state index is 10.3. The highest BCUT2D eigenvalue weighted by atomic mass is 16.6. The molecule has 1 saturated heterocycles. The van der Waals surface area contributed by atoms with Crippen LogP contribution >= 0.6 is 0 Å². The van der Waals surface area contributed by atoms with Crippen molar-refractivity contribution in [3.05, 3.63) is 24.8 Å². The summed E-state index contributed by atoms with van der Waals surface area (Å²) in [5.41, 5.74) is 12.0. The van der Waals surface area contributed by atoms with E-state index in [4.69, 9.17) is 16.2 Å². The number of hydrogen-bond donors (Lipinski definition) is 5. The third-order valence-electron chi connectivity index (χ3n) is 3.91. The normalized spacial score (nSPS) is 27.5. The van der Waals surface area contributed by atoms with Crippen LogP contribution in [0.25, 0.3) is 11.2 Å². The SMILES string of the molecule is NCC=CCNC[C@H]1O[C@@H](n2cnc3c(N)ncnc32)[C@H](O)[C@@H]1O. The quantitative estimate of drug-likeness (QED) is 0.301. The molecule has 0 aromatic carbocycles. The van der Waals surface area contributed by atoms with E-state index in [1.165, 1.54) is 12.7 Å². The Morgan fingerprint density at radius 2 is 2.08 bits per heavy atom. The molecule has 3 rings (SSSR count). The van der Waals surface area contributed by atoms with Gasteiger partial charge in [0.1, 0.15) is 30.2 Å². The molecule has 7 N–H and O–H groups in total. The van der Waals surface area contributed by atoms with Crippen molar-refractivity contribution in [3.63, 3.8) is 0 Å². The molecule has 0 bridgehead atoms. The number of nitrogen functional groups attached to an aromatic ring is 1. The molecule has 2 aromatic heterocycles. The number of aromatic nitrogens is 4. The summed E-state index contributed by atoms with van der Waals surface area (Å²) < 4.78 is 7.35. The lowest BCUT2D eigenvalue weighted by Gasteiger charge is -2.16. The number of hydrogen-bond acceptors (Lipinski definition) is 9. The average molecular weight is 335 g/mol. The Morgan fingerprint density at radius 1 is 1.25 bits per heavy atom. The zero-order chi connectivity index (χ0) is 17.1. The predicted molar refractivity (Wildman–Crippen MR) is 86.7 cm³/mol. The fraction of sp³-hybridized carbons (Fsp3) is 0.500. The van der Waals surface area contributed by atoms with Crippen molar-refractivity contribution in [1.29, 1.82) is 0 Å². The number of aliphatic hydroxyl groups excluding tert-OH is 2. The van der Waals surface area contributed by atoms with Crippen LogP contribution in [0.4, 0.5) is 5.82 Å². The first kappa shape index (κ1) is 16.7. The Hall–Kier alpha value is -2.11. The molecule has 1 fully saturated rings. The highest BCUT2D eigenvalue weighted by Crippen LogP contribution is 2.31. The van der Waals surface area contributed by atoms with E-state index in [9.17, 15) is 10.2 Å². The topological polar surface area (TPSA) is 157 Å². The molecule has 130 valence electrons. The molecule has 10 heteroatoms. The standard InChI is InChI=1S/C14H21N7O3/c15-3-1-2-4-17-5-8-10(22)11(23)14(24-8)21-7-20-9-12(16)18-6-19-13(9)21/h1-2,6-8,10-11,14,17,22-23H,3-5,15H2,(H2,16,18,19)/t8-,10-,11-,14-/m1/s1. The molecule has 0 aliphatic carbocycles. The van der Waals surface area contributed by atoms with Crippen molar-refractivity contribution < 1.29 is 14.9 Å². The molecule has 0 saturated carbocycles. The molecule has 0 spiro atoms. The summed E-state index contributed by atoms with van der Waals surface area (Å²) in [6.07, 6.45) is 3.00. The minimum atomic E-state index is -1.11. The Balaban J connectivity index is 1.72. The first-order valence-corrected chi connectivity index (χ1v) is 7.64. The van der Waals surface area contributed by atoms with Crippen LogP contribution in [0.2, 0.25) is 0 Å². The lowest BCUT2D eigenvalue weighted by molar-refractivity contribution is -0.0339. The summed E-state index contributed by atoms with van der Waals surface area (Å²) in [6.45, 7) is 1.46. The molecule has 4 atom stereocenters. The van der Waals surface area contributed by atoms with Crippen molar-refractivity contribution >= 4 is 17.0 Å². The van der Waals surface area contributed by atoms with E-state index in [-0.39, 0.29) is 5.82 Å². The van der Waals surface area contributed by atoms with Gasteiger partial charge in [-0.15, -0.1) is 0 Å². The third-order valence-corrected chi connectivity index (χ3v) is 3.91. The molecule has 0 unspecified atom stereocenters. The van der Waals surface area contributed by atoms with Gasteiger partial charge in [0.2, 0.25) is 0 Å². The lowest BCUT2D eigenvalue weighted by Crippen LogP contribution is -2.37. The molecule has 3 heterocycles. The Bertz CT molecular complexity index is 719. The van der Waals surface area contributed by atoms with Crippen molar-refractivity contribution in [3.8, 4) is 0 Å². The zero-order valence-corrected chi connectivity index (χ0v) is 13.0. The third kappa shape index (κ3) is 3.09. The fourth-order valence-corrected chi connectivity index (χ4v) is 2.67. The molecule has 10 nitrogen and oxygen atoms in total. The van der Waals surface area contributed by atoms with E-state index < -0.39 is 24.5 Å². The van der Waals surface area contributed by atoms with Gasteiger partial charge in [-0.3, -0.25) is 4.57 Å². The van der Waals surface area contributed by atoms with Crippen molar-refractivity contribution in [2.75, 3.05) is 25.4 Å². The minimum Gasteiger partial charge on any atom is -0.387 e. The molecule has 24 heavy (non-hydrogen) atoms. The number of aliphatic hydroxyl groups is 2. The van der Waals surface area contributed by atoms with Gasteiger partial charge in [-0.1, -0.05) is 12.2 Å². The second-order valence-electron chi connectivity index (χ2n) is 5.49. The molecule has 0 radical (unpaired) electrons. The number of rotatable bonds is 6. The monoisotopic (exact) mass is 335 g/mol. The Morgan fingerprint density at radius 3 is 2.88 bits per heavy atom. The van der Waals surface area contributed by atoms with E-state index in [0.717, 1.165) is 0 Å². The number of anilines is 1. The van der Waals surface area contributed by atoms with Crippen LogP contribution in [0.1, 0.15) is 6.23 Å². The van der Waals surface area contributed by atoms with Crippen LogP contribution in [0, 0.1) is 0 Å². The maximum atomic E-state index is 10.3. The first-order chi connectivity index (χ1) is 11.6. The van der Waals surface area contributed by atoms with Gasteiger partial charge in [0.05, 0.1) is 6.33 Å². The van der Waals surface area contributed by atoms with Crippen LogP contribution in [0.15, 0.2) is 24.8 Å². The molecule has 1 aliphatic heterocycles.